The fourth-order valence-electron chi connectivity index (χ4n) is 2.04. The molecule has 0 heterocycles. The third kappa shape index (κ3) is 5.25. The number of nitrogens with zero attached hydrogens (tertiary/aromatic N) is 1. The van der Waals surface area contributed by atoms with Crippen LogP contribution in [0, 0.1) is 10.1 Å². The SMILES string of the molecule is CCCCCC(C)(C/C=C/c1ccccc1)[N+](=O)[O-]. The van der Waals surface area contributed by atoms with Gasteiger partial charge in [-0.3, -0.25) is 10.1 Å². The van der Waals surface area contributed by atoms with Crippen LogP contribution in [0.25, 0.3) is 6.08 Å². The Morgan fingerprint density at radius 3 is 2.53 bits per heavy atom. The van der Waals surface area contributed by atoms with Gasteiger partial charge in [0.05, 0.1) is 0 Å². The summed E-state index contributed by atoms with van der Waals surface area (Å²) in [5, 5.41) is 11.2. The third-order valence-electron chi connectivity index (χ3n) is 3.43. The van der Waals surface area contributed by atoms with Gasteiger partial charge in [0.1, 0.15) is 0 Å². The van der Waals surface area contributed by atoms with E-state index in [9.17, 15) is 10.1 Å². The highest BCUT2D eigenvalue weighted by Gasteiger charge is 2.34. The van der Waals surface area contributed by atoms with Crippen molar-refractivity contribution in [2.24, 2.45) is 0 Å². The Bertz CT molecular complexity index is 414. The molecule has 0 aromatic heterocycles. The minimum atomic E-state index is -0.833. The standard InChI is InChI=1S/C16H23NO2/c1-3-4-8-13-16(2,17(18)19)14-9-12-15-10-6-5-7-11-15/h5-7,9-12H,3-4,8,13-14H2,1-2H3/b12-9+. The third-order valence-corrected chi connectivity index (χ3v) is 3.43. The molecule has 3 heteroatoms. The fraction of sp³-hybridized carbons (Fsp3) is 0.500. The molecule has 0 spiro atoms. The molecule has 0 saturated carbocycles. The Hall–Kier alpha value is -1.64. The molecule has 0 aliphatic carbocycles. The van der Waals surface area contributed by atoms with E-state index in [0.29, 0.717) is 12.8 Å². The number of hydrogen-bond donors (Lipinski definition) is 0. The summed E-state index contributed by atoms with van der Waals surface area (Å²) < 4.78 is 0. The van der Waals surface area contributed by atoms with Crippen molar-refractivity contribution < 1.29 is 4.92 Å². The first-order chi connectivity index (χ1) is 9.08. The van der Waals surface area contributed by atoms with Crippen molar-refractivity contribution in [2.75, 3.05) is 0 Å². The molecule has 1 atom stereocenters. The molecule has 0 bridgehead atoms. The highest BCUT2D eigenvalue weighted by Crippen LogP contribution is 2.23. The molecule has 1 aromatic rings. The van der Waals surface area contributed by atoms with E-state index >= 15 is 0 Å². The first kappa shape index (κ1) is 15.4. The summed E-state index contributed by atoms with van der Waals surface area (Å²) in [4.78, 5) is 11.1. The van der Waals surface area contributed by atoms with Gasteiger partial charge in [-0.05, 0) is 12.0 Å². The summed E-state index contributed by atoms with van der Waals surface area (Å²) in [6.45, 7) is 3.86. The molecule has 1 rings (SSSR count). The van der Waals surface area contributed by atoms with Gasteiger partial charge < -0.3 is 0 Å². The Kier molecular flexibility index (Phi) is 6.26. The summed E-state index contributed by atoms with van der Waals surface area (Å²) in [6.07, 6.45) is 8.09. The van der Waals surface area contributed by atoms with Crippen molar-refractivity contribution in [1.82, 2.24) is 0 Å². The maximum Gasteiger partial charge on any atom is 0.222 e. The van der Waals surface area contributed by atoms with E-state index in [0.717, 1.165) is 24.8 Å². The maximum absolute atomic E-state index is 11.2. The Labute approximate surface area is 115 Å². The topological polar surface area (TPSA) is 43.1 Å². The van der Waals surface area contributed by atoms with Gasteiger partial charge in [0, 0.05) is 24.7 Å². The van der Waals surface area contributed by atoms with E-state index < -0.39 is 5.54 Å². The van der Waals surface area contributed by atoms with E-state index in [1.54, 1.807) is 6.92 Å². The lowest BCUT2D eigenvalue weighted by Crippen LogP contribution is -2.34. The van der Waals surface area contributed by atoms with Crippen LogP contribution in [0.1, 0.15) is 51.5 Å². The van der Waals surface area contributed by atoms with Crippen LogP contribution in [0.15, 0.2) is 36.4 Å². The van der Waals surface area contributed by atoms with Crippen LogP contribution in [0.5, 0.6) is 0 Å². The highest BCUT2D eigenvalue weighted by molar-refractivity contribution is 5.48. The van der Waals surface area contributed by atoms with E-state index in [2.05, 4.69) is 6.92 Å². The molecule has 0 fully saturated rings. The largest absolute Gasteiger partial charge is 0.264 e. The zero-order chi connectivity index (χ0) is 14.1. The van der Waals surface area contributed by atoms with E-state index in [4.69, 9.17) is 0 Å². The Morgan fingerprint density at radius 2 is 1.95 bits per heavy atom. The highest BCUT2D eigenvalue weighted by atomic mass is 16.6. The molecule has 1 aromatic carbocycles. The lowest BCUT2D eigenvalue weighted by Gasteiger charge is -2.19. The summed E-state index contributed by atoms with van der Waals surface area (Å²) in [5.41, 5.74) is 0.252. The van der Waals surface area contributed by atoms with Gasteiger partial charge in [-0.15, -0.1) is 0 Å². The summed E-state index contributed by atoms with van der Waals surface area (Å²) in [5.74, 6) is 0. The predicted molar refractivity (Wildman–Crippen MR) is 79.6 cm³/mol. The van der Waals surface area contributed by atoms with Gasteiger partial charge in [0.25, 0.3) is 0 Å². The van der Waals surface area contributed by atoms with Crippen molar-refractivity contribution in [3.8, 4) is 0 Å². The average Bonchev–Trinajstić information content (AvgIpc) is 2.40. The molecule has 104 valence electrons. The first-order valence-electron chi connectivity index (χ1n) is 6.94. The average molecular weight is 261 g/mol. The van der Waals surface area contributed by atoms with Crippen molar-refractivity contribution in [3.05, 3.63) is 52.1 Å². The molecule has 0 aliphatic rings. The van der Waals surface area contributed by atoms with Crippen molar-refractivity contribution >= 4 is 6.08 Å². The van der Waals surface area contributed by atoms with Gasteiger partial charge in [-0.1, -0.05) is 62.2 Å². The second-order valence-electron chi connectivity index (χ2n) is 5.23. The van der Waals surface area contributed by atoms with Crippen molar-refractivity contribution in [2.45, 2.75) is 51.5 Å². The van der Waals surface area contributed by atoms with Crippen molar-refractivity contribution in [1.29, 1.82) is 0 Å². The number of benzene rings is 1. The molecule has 19 heavy (non-hydrogen) atoms. The smallest absolute Gasteiger partial charge is 0.222 e. The molecular weight excluding hydrogens is 238 g/mol. The number of hydrogen-bond acceptors (Lipinski definition) is 2. The van der Waals surface area contributed by atoms with Gasteiger partial charge in [-0.2, -0.15) is 0 Å². The van der Waals surface area contributed by atoms with E-state index in [1.165, 1.54) is 0 Å². The lowest BCUT2D eigenvalue weighted by molar-refractivity contribution is -0.565. The van der Waals surface area contributed by atoms with Crippen LogP contribution in [0.4, 0.5) is 0 Å². The molecular formula is C16H23NO2. The van der Waals surface area contributed by atoms with Gasteiger partial charge >= 0.3 is 0 Å². The summed E-state index contributed by atoms with van der Waals surface area (Å²) >= 11 is 0. The van der Waals surface area contributed by atoms with Gasteiger partial charge in [-0.25, -0.2) is 0 Å². The fourth-order valence-corrected chi connectivity index (χ4v) is 2.04. The normalized spacial score (nSPS) is 14.4. The molecule has 0 aliphatic heterocycles. The summed E-state index contributed by atoms with van der Waals surface area (Å²) in [7, 11) is 0. The number of nitro groups is 1. The molecule has 0 radical (unpaired) electrons. The zero-order valence-electron chi connectivity index (χ0n) is 11.8. The Morgan fingerprint density at radius 1 is 1.26 bits per heavy atom. The predicted octanol–water partition coefficient (Wildman–Crippen LogP) is 4.71. The summed E-state index contributed by atoms with van der Waals surface area (Å²) in [6, 6.07) is 9.89. The Balaban J connectivity index is 2.58. The van der Waals surface area contributed by atoms with Crippen LogP contribution in [-0.4, -0.2) is 10.5 Å². The number of rotatable bonds is 8. The van der Waals surface area contributed by atoms with Crippen LogP contribution in [0.3, 0.4) is 0 Å². The zero-order valence-corrected chi connectivity index (χ0v) is 11.8. The maximum atomic E-state index is 11.2. The molecule has 0 N–H and O–H groups in total. The molecule has 0 amide bonds. The second kappa shape index (κ2) is 7.72. The van der Waals surface area contributed by atoms with Crippen LogP contribution in [0.2, 0.25) is 0 Å². The molecule has 3 nitrogen and oxygen atoms in total. The second-order valence-corrected chi connectivity index (χ2v) is 5.23. The van der Waals surface area contributed by atoms with Crippen LogP contribution < -0.4 is 0 Å². The minimum absolute atomic E-state index is 0.127. The van der Waals surface area contributed by atoms with Gasteiger partial charge in [0.15, 0.2) is 0 Å². The minimum Gasteiger partial charge on any atom is -0.264 e. The lowest BCUT2D eigenvalue weighted by atomic mass is 9.91. The van der Waals surface area contributed by atoms with Gasteiger partial charge in [0.2, 0.25) is 5.54 Å². The van der Waals surface area contributed by atoms with Crippen LogP contribution >= 0.6 is 0 Å². The van der Waals surface area contributed by atoms with E-state index in [1.807, 2.05) is 42.5 Å². The van der Waals surface area contributed by atoms with E-state index in [-0.39, 0.29) is 4.92 Å². The number of unbranched alkanes of at least 4 members (excludes halogenated alkanes) is 2. The molecule has 0 saturated heterocycles. The quantitative estimate of drug-likeness (QED) is 0.386. The first-order valence-corrected chi connectivity index (χ1v) is 6.94. The van der Waals surface area contributed by atoms with Crippen molar-refractivity contribution in [3.63, 3.8) is 0 Å². The monoisotopic (exact) mass is 261 g/mol. The molecule has 1 unspecified atom stereocenters. The van der Waals surface area contributed by atoms with Crippen LogP contribution in [-0.2, 0) is 0 Å².